The average Bonchev–Trinajstić information content (AvgIpc) is 3.25. The number of benzene rings is 2. The Balaban J connectivity index is 1.40. The molecular weight excluding hydrogens is 506 g/mol. The molecule has 192 valence electrons. The first-order chi connectivity index (χ1) is 17.4. The number of ether oxygens (including phenoxy) is 1. The Morgan fingerprint density at radius 2 is 1.46 bits per heavy atom. The number of imidazole rings is 1. The quantitative estimate of drug-likeness (QED) is 0.294. The lowest BCUT2D eigenvalue weighted by molar-refractivity contribution is -0.143. The van der Waals surface area contributed by atoms with Gasteiger partial charge in [-0.25, -0.2) is 9.78 Å². The smallest absolute Gasteiger partial charge is 0.416 e. The molecule has 37 heavy (non-hydrogen) atoms. The molecule has 2 amide bonds. The van der Waals surface area contributed by atoms with Crippen LogP contribution in [-0.4, -0.2) is 25.8 Å². The summed E-state index contributed by atoms with van der Waals surface area (Å²) in [6.45, 7) is 1.81. The van der Waals surface area contributed by atoms with E-state index in [0.29, 0.717) is 23.7 Å². The van der Waals surface area contributed by atoms with Crippen LogP contribution < -0.4 is 15.4 Å². The number of carbonyl (C=O) groups excluding carboxylic acids is 1. The van der Waals surface area contributed by atoms with Crippen molar-refractivity contribution in [2.24, 2.45) is 0 Å². The summed E-state index contributed by atoms with van der Waals surface area (Å²) in [6.07, 6.45) is -6.72. The highest BCUT2D eigenvalue weighted by molar-refractivity contribution is 5.99. The van der Waals surface area contributed by atoms with E-state index in [2.05, 4.69) is 20.5 Å². The van der Waals surface area contributed by atoms with Gasteiger partial charge in [-0.15, -0.1) is 10.2 Å². The van der Waals surface area contributed by atoms with Crippen molar-refractivity contribution >= 4 is 17.4 Å². The van der Waals surface area contributed by atoms with Gasteiger partial charge in [-0.1, -0.05) is 0 Å². The SMILES string of the molecule is Cc1nccn1-c1ccc(Oc2ccc(NC(=O)Nc3cc(C(F)(F)F)cc(C(F)(F)F)c3)cc2)nn1. The number of nitrogens with zero attached hydrogens (tertiary/aromatic N) is 4. The van der Waals surface area contributed by atoms with Crippen molar-refractivity contribution in [2.75, 3.05) is 10.6 Å². The number of hydrogen-bond donors (Lipinski definition) is 2. The summed E-state index contributed by atoms with van der Waals surface area (Å²) in [5.41, 5.74) is -3.57. The zero-order chi connectivity index (χ0) is 26.8. The van der Waals surface area contributed by atoms with E-state index < -0.39 is 35.2 Å². The number of carbonyl (C=O) groups is 1. The number of aromatic nitrogens is 4. The van der Waals surface area contributed by atoms with E-state index >= 15 is 0 Å². The first-order valence-corrected chi connectivity index (χ1v) is 10.4. The van der Waals surface area contributed by atoms with Gasteiger partial charge in [0.2, 0.25) is 5.88 Å². The molecule has 8 nitrogen and oxygen atoms in total. The maximum Gasteiger partial charge on any atom is 0.416 e. The van der Waals surface area contributed by atoms with E-state index in [-0.39, 0.29) is 17.6 Å². The summed E-state index contributed by atoms with van der Waals surface area (Å²) in [5.74, 6) is 1.78. The third kappa shape index (κ3) is 6.34. The molecule has 0 fully saturated rings. The van der Waals surface area contributed by atoms with Crippen LogP contribution in [0.3, 0.4) is 0 Å². The van der Waals surface area contributed by atoms with Crippen molar-refractivity contribution < 1.29 is 35.9 Å². The number of aryl methyl sites for hydroxylation is 1. The van der Waals surface area contributed by atoms with Gasteiger partial charge < -0.3 is 15.4 Å². The second-order valence-corrected chi connectivity index (χ2v) is 7.57. The van der Waals surface area contributed by atoms with Gasteiger partial charge in [0, 0.05) is 29.8 Å². The zero-order valence-corrected chi connectivity index (χ0v) is 18.7. The van der Waals surface area contributed by atoms with Crippen molar-refractivity contribution in [2.45, 2.75) is 19.3 Å². The number of urea groups is 1. The molecule has 2 aromatic heterocycles. The fraction of sp³-hybridized carbons (Fsp3) is 0.130. The zero-order valence-electron chi connectivity index (χ0n) is 18.7. The summed E-state index contributed by atoms with van der Waals surface area (Å²) in [5, 5.41) is 12.3. The molecule has 0 aliphatic rings. The van der Waals surface area contributed by atoms with Gasteiger partial charge in [-0.05, 0) is 55.5 Å². The number of rotatable bonds is 5. The lowest BCUT2D eigenvalue weighted by atomic mass is 10.1. The maximum atomic E-state index is 13.0. The number of alkyl halides is 6. The predicted molar refractivity (Wildman–Crippen MR) is 119 cm³/mol. The van der Waals surface area contributed by atoms with Crippen molar-refractivity contribution in [1.29, 1.82) is 0 Å². The minimum absolute atomic E-state index is 0.0293. The molecule has 0 radical (unpaired) electrons. The van der Waals surface area contributed by atoms with Crippen LogP contribution >= 0.6 is 0 Å². The molecule has 0 bridgehead atoms. The van der Waals surface area contributed by atoms with E-state index in [0.717, 1.165) is 5.82 Å². The Morgan fingerprint density at radius 1 is 0.838 bits per heavy atom. The highest BCUT2D eigenvalue weighted by atomic mass is 19.4. The molecule has 14 heteroatoms. The second-order valence-electron chi connectivity index (χ2n) is 7.57. The topological polar surface area (TPSA) is 94.0 Å². The van der Waals surface area contributed by atoms with Gasteiger partial charge in [-0.3, -0.25) is 4.57 Å². The van der Waals surface area contributed by atoms with Crippen LogP contribution in [0.5, 0.6) is 11.6 Å². The molecule has 0 aliphatic carbocycles. The van der Waals surface area contributed by atoms with E-state index in [1.807, 2.05) is 5.32 Å². The minimum Gasteiger partial charge on any atom is -0.438 e. The Bertz CT molecular complexity index is 1370. The summed E-state index contributed by atoms with van der Waals surface area (Å²) in [6, 6.07) is 8.78. The minimum atomic E-state index is -5.03. The van der Waals surface area contributed by atoms with Crippen molar-refractivity contribution in [1.82, 2.24) is 19.7 Å². The summed E-state index contributed by atoms with van der Waals surface area (Å²) < 4.78 is 85.3. The van der Waals surface area contributed by atoms with E-state index in [4.69, 9.17) is 4.74 Å². The lowest BCUT2D eigenvalue weighted by Gasteiger charge is -2.15. The Morgan fingerprint density at radius 3 is 1.97 bits per heavy atom. The molecule has 2 N–H and O–H groups in total. The van der Waals surface area contributed by atoms with Crippen molar-refractivity contribution in [3.63, 3.8) is 0 Å². The molecule has 4 rings (SSSR count). The van der Waals surface area contributed by atoms with Crippen molar-refractivity contribution in [3.8, 4) is 17.4 Å². The first kappa shape index (κ1) is 25.5. The van der Waals surface area contributed by atoms with Crippen LogP contribution in [0.4, 0.5) is 42.5 Å². The van der Waals surface area contributed by atoms with Crippen LogP contribution in [0.2, 0.25) is 0 Å². The van der Waals surface area contributed by atoms with Crippen LogP contribution in [0.1, 0.15) is 17.0 Å². The molecule has 0 spiro atoms. The molecule has 0 saturated carbocycles. The lowest BCUT2D eigenvalue weighted by Crippen LogP contribution is -2.20. The maximum absolute atomic E-state index is 13.0. The molecule has 4 aromatic rings. The molecular formula is C23H16F6N6O2. The van der Waals surface area contributed by atoms with Crippen LogP contribution in [0.15, 0.2) is 67.0 Å². The van der Waals surface area contributed by atoms with Crippen molar-refractivity contribution in [3.05, 3.63) is 83.9 Å². The Hall–Kier alpha value is -4.62. The fourth-order valence-electron chi connectivity index (χ4n) is 3.16. The Labute approximate surface area is 204 Å². The summed E-state index contributed by atoms with van der Waals surface area (Å²) in [4.78, 5) is 16.3. The van der Waals surface area contributed by atoms with Crippen LogP contribution in [0.25, 0.3) is 5.82 Å². The summed E-state index contributed by atoms with van der Waals surface area (Å²) in [7, 11) is 0. The second kappa shape index (κ2) is 9.79. The van der Waals surface area contributed by atoms with Gasteiger partial charge in [0.1, 0.15) is 11.6 Å². The normalized spacial score (nSPS) is 11.8. The first-order valence-electron chi connectivity index (χ1n) is 10.4. The monoisotopic (exact) mass is 522 g/mol. The van der Waals surface area contributed by atoms with E-state index in [1.165, 1.54) is 24.3 Å². The van der Waals surface area contributed by atoms with Crippen LogP contribution in [0, 0.1) is 6.92 Å². The highest BCUT2D eigenvalue weighted by Gasteiger charge is 2.37. The largest absolute Gasteiger partial charge is 0.438 e. The number of nitrogens with one attached hydrogen (secondary N) is 2. The molecule has 2 heterocycles. The number of hydrogen-bond acceptors (Lipinski definition) is 5. The fourth-order valence-corrected chi connectivity index (χ4v) is 3.16. The standard InChI is InChI=1S/C23H16F6N6O2/c1-13-30-8-9-35(13)19-6-7-20(34-33-19)37-18-4-2-16(3-5-18)31-21(36)32-17-11-14(22(24,25)26)10-15(12-17)23(27,28)29/h2-12H,1H3,(H2,31,32,36). The summed E-state index contributed by atoms with van der Waals surface area (Å²) >= 11 is 0. The van der Waals surface area contributed by atoms with Gasteiger partial charge in [-0.2, -0.15) is 26.3 Å². The third-order valence-corrected chi connectivity index (χ3v) is 4.88. The van der Waals surface area contributed by atoms with Gasteiger partial charge in [0.15, 0.2) is 5.82 Å². The Kier molecular flexibility index (Phi) is 6.74. The van der Waals surface area contributed by atoms with Crippen LogP contribution in [-0.2, 0) is 12.4 Å². The predicted octanol–water partition coefficient (Wildman–Crippen LogP) is 6.44. The number of halogens is 6. The van der Waals surface area contributed by atoms with Gasteiger partial charge >= 0.3 is 18.4 Å². The molecule has 0 atom stereocenters. The highest BCUT2D eigenvalue weighted by Crippen LogP contribution is 2.37. The number of anilines is 2. The van der Waals surface area contributed by atoms with Gasteiger partial charge in [0.05, 0.1) is 11.1 Å². The third-order valence-electron chi connectivity index (χ3n) is 4.88. The molecule has 0 aliphatic heterocycles. The molecule has 2 aromatic carbocycles. The van der Waals surface area contributed by atoms with E-state index in [9.17, 15) is 31.1 Å². The van der Waals surface area contributed by atoms with Gasteiger partial charge in [0.25, 0.3) is 0 Å². The number of amides is 2. The van der Waals surface area contributed by atoms with E-state index in [1.54, 1.807) is 36.0 Å². The molecule has 0 unspecified atom stereocenters. The average molecular weight is 522 g/mol. The molecule has 0 saturated heterocycles.